The summed E-state index contributed by atoms with van der Waals surface area (Å²) in [5.41, 5.74) is 8.63. The van der Waals surface area contributed by atoms with E-state index in [1.807, 2.05) is 0 Å². The molecule has 0 atom stereocenters. The van der Waals surface area contributed by atoms with E-state index in [1.54, 1.807) is 0 Å². The quantitative estimate of drug-likeness (QED) is 0.472. The van der Waals surface area contributed by atoms with Crippen molar-refractivity contribution in [2.24, 2.45) is 10.7 Å². The van der Waals surface area contributed by atoms with Crippen LogP contribution in [0.2, 0.25) is 0 Å². The Morgan fingerprint density at radius 3 is 2.05 bits per heavy atom. The van der Waals surface area contributed by atoms with E-state index in [4.69, 9.17) is 5.73 Å². The van der Waals surface area contributed by atoms with Gasteiger partial charge in [-0.3, -0.25) is 4.99 Å². The molecule has 0 spiro atoms. The third-order valence-corrected chi connectivity index (χ3v) is 3.19. The van der Waals surface area contributed by atoms with Gasteiger partial charge in [-0.15, -0.1) is 24.0 Å². The number of halogens is 1. The lowest BCUT2D eigenvalue weighted by atomic mass is 10.1. The topological polar surface area (TPSA) is 41.6 Å². The minimum absolute atomic E-state index is 0. The van der Waals surface area contributed by atoms with E-state index >= 15 is 0 Å². The normalized spacial score (nSPS) is 11.0. The van der Waals surface area contributed by atoms with Gasteiger partial charge >= 0.3 is 0 Å². The molecule has 0 bridgehead atoms. The predicted octanol–water partition coefficient (Wildman–Crippen LogP) is 3.07. The summed E-state index contributed by atoms with van der Waals surface area (Å²) >= 11 is 0. The molecule has 0 unspecified atom stereocenters. The zero-order chi connectivity index (χ0) is 13.4. The lowest BCUT2D eigenvalue weighted by Crippen LogP contribution is -2.37. The van der Waals surface area contributed by atoms with Crippen molar-refractivity contribution in [1.82, 2.24) is 4.90 Å². The van der Waals surface area contributed by atoms with Gasteiger partial charge in [-0.2, -0.15) is 0 Å². The molecule has 0 saturated heterocycles. The summed E-state index contributed by atoms with van der Waals surface area (Å²) < 4.78 is 0. The van der Waals surface area contributed by atoms with Crippen LogP contribution in [0, 0.1) is 0 Å². The molecule has 1 rings (SSSR count). The molecular formula is C15H26IN3. The summed E-state index contributed by atoms with van der Waals surface area (Å²) in [5.74, 6) is 0.658. The number of rotatable bonds is 6. The van der Waals surface area contributed by atoms with Crippen LogP contribution in [-0.4, -0.2) is 30.5 Å². The summed E-state index contributed by atoms with van der Waals surface area (Å²) in [6.45, 7) is 8.94. The van der Waals surface area contributed by atoms with Crippen LogP contribution in [0.3, 0.4) is 0 Å². The van der Waals surface area contributed by atoms with E-state index in [0.29, 0.717) is 5.96 Å². The van der Waals surface area contributed by atoms with Crippen molar-refractivity contribution in [3.63, 3.8) is 0 Å². The second kappa shape index (κ2) is 10.1. The number of nitrogens with zero attached hydrogens (tertiary/aromatic N) is 2. The van der Waals surface area contributed by atoms with E-state index in [-0.39, 0.29) is 24.0 Å². The Bertz CT molecular complexity index is 369. The summed E-state index contributed by atoms with van der Waals surface area (Å²) in [4.78, 5) is 6.49. The largest absolute Gasteiger partial charge is 0.370 e. The summed E-state index contributed by atoms with van der Waals surface area (Å²) in [6, 6.07) is 8.74. The highest BCUT2D eigenvalue weighted by Crippen LogP contribution is 2.05. The van der Waals surface area contributed by atoms with Crippen LogP contribution in [0.25, 0.3) is 0 Å². The van der Waals surface area contributed by atoms with Crippen LogP contribution in [-0.2, 0) is 12.8 Å². The molecule has 0 amide bonds. The number of aryl methyl sites for hydroxylation is 1. The molecular weight excluding hydrogens is 349 g/mol. The fourth-order valence-corrected chi connectivity index (χ4v) is 1.89. The monoisotopic (exact) mass is 375 g/mol. The fraction of sp³-hybridized carbons (Fsp3) is 0.533. The van der Waals surface area contributed by atoms with Crippen LogP contribution in [0.1, 0.15) is 31.9 Å². The second-order valence-corrected chi connectivity index (χ2v) is 4.33. The Hall–Kier alpha value is -0.780. The summed E-state index contributed by atoms with van der Waals surface area (Å²) in [7, 11) is 0. The van der Waals surface area contributed by atoms with Gasteiger partial charge in [0.1, 0.15) is 0 Å². The second-order valence-electron chi connectivity index (χ2n) is 4.33. The number of aliphatic imine (C=N–C) groups is 1. The van der Waals surface area contributed by atoms with Gasteiger partial charge in [0.25, 0.3) is 0 Å². The third-order valence-electron chi connectivity index (χ3n) is 3.19. The zero-order valence-electron chi connectivity index (χ0n) is 12.2. The first-order valence-electron chi connectivity index (χ1n) is 6.83. The van der Waals surface area contributed by atoms with E-state index in [2.05, 4.69) is 54.9 Å². The highest BCUT2D eigenvalue weighted by molar-refractivity contribution is 14.0. The van der Waals surface area contributed by atoms with E-state index in [0.717, 1.165) is 32.5 Å². The highest BCUT2D eigenvalue weighted by atomic mass is 127. The van der Waals surface area contributed by atoms with Crippen molar-refractivity contribution in [3.8, 4) is 0 Å². The standard InChI is InChI=1S/C15H25N3.HI/c1-4-13-7-9-14(10-8-13)11-12-17-15(16)18(5-2)6-3;/h7-10H,4-6,11-12H2,1-3H3,(H2,16,17);1H. The minimum Gasteiger partial charge on any atom is -0.370 e. The first kappa shape index (κ1) is 18.2. The molecule has 2 N–H and O–H groups in total. The van der Waals surface area contributed by atoms with Gasteiger partial charge in [-0.05, 0) is 37.8 Å². The molecule has 0 aliphatic carbocycles. The molecule has 108 valence electrons. The van der Waals surface area contributed by atoms with Crippen molar-refractivity contribution in [2.45, 2.75) is 33.6 Å². The maximum atomic E-state index is 5.92. The number of hydrogen-bond donors (Lipinski definition) is 1. The van der Waals surface area contributed by atoms with Gasteiger partial charge in [0.15, 0.2) is 5.96 Å². The van der Waals surface area contributed by atoms with E-state index < -0.39 is 0 Å². The van der Waals surface area contributed by atoms with Gasteiger partial charge in [-0.25, -0.2) is 0 Å². The number of nitrogens with two attached hydrogens (primary N) is 1. The molecule has 3 nitrogen and oxygen atoms in total. The predicted molar refractivity (Wildman–Crippen MR) is 94.3 cm³/mol. The average molecular weight is 375 g/mol. The Morgan fingerprint density at radius 2 is 1.58 bits per heavy atom. The Kier molecular flexibility index (Phi) is 9.65. The van der Waals surface area contributed by atoms with Crippen LogP contribution in [0.4, 0.5) is 0 Å². The first-order chi connectivity index (χ1) is 8.71. The molecule has 0 aliphatic rings. The average Bonchev–Trinajstić information content (AvgIpc) is 2.41. The molecule has 1 aromatic carbocycles. The fourth-order valence-electron chi connectivity index (χ4n) is 1.89. The van der Waals surface area contributed by atoms with Gasteiger partial charge in [0.2, 0.25) is 0 Å². The lowest BCUT2D eigenvalue weighted by molar-refractivity contribution is 0.458. The molecule has 0 radical (unpaired) electrons. The molecule has 0 aliphatic heterocycles. The SMILES string of the molecule is CCc1ccc(CCN=C(N)N(CC)CC)cc1.I. The smallest absolute Gasteiger partial charge is 0.191 e. The van der Waals surface area contributed by atoms with Crippen molar-refractivity contribution in [1.29, 1.82) is 0 Å². The van der Waals surface area contributed by atoms with Crippen LogP contribution in [0.15, 0.2) is 29.3 Å². The Labute approximate surface area is 134 Å². The van der Waals surface area contributed by atoms with Crippen molar-refractivity contribution >= 4 is 29.9 Å². The maximum Gasteiger partial charge on any atom is 0.191 e. The van der Waals surface area contributed by atoms with Crippen LogP contribution in [0.5, 0.6) is 0 Å². The number of benzene rings is 1. The van der Waals surface area contributed by atoms with Crippen LogP contribution < -0.4 is 5.73 Å². The van der Waals surface area contributed by atoms with Crippen molar-refractivity contribution in [3.05, 3.63) is 35.4 Å². The summed E-state index contributed by atoms with van der Waals surface area (Å²) in [6.07, 6.45) is 2.04. The van der Waals surface area contributed by atoms with Gasteiger partial charge in [0, 0.05) is 19.6 Å². The van der Waals surface area contributed by atoms with Crippen molar-refractivity contribution < 1.29 is 0 Å². The number of guanidine groups is 1. The third kappa shape index (κ3) is 6.27. The Balaban J connectivity index is 0.00000324. The molecule has 1 aromatic rings. The van der Waals surface area contributed by atoms with Crippen LogP contribution >= 0.6 is 24.0 Å². The molecule has 0 heterocycles. The lowest BCUT2D eigenvalue weighted by Gasteiger charge is -2.19. The van der Waals surface area contributed by atoms with E-state index in [1.165, 1.54) is 11.1 Å². The maximum absolute atomic E-state index is 5.92. The van der Waals surface area contributed by atoms with Crippen molar-refractivity contribution in [2.75, 3.05) is 19.6 Å². The van der Waals surface area contributed by atoms with Gasteiger partial charge < -0.3 is 10.6 Å². The minimum atomic E-state index is 0. The highest BCUT2D eigenvalue weighted by Gasteiger charge is 2.01. The number of hydrogen-bond acceptors (Lipinski definition) is 1. The summed E-state index contributed by atoms with van der Waals surface area (Å²) in [5, 5.41) is 0. The zero-order valence-corrected chi connectivity index (χ0v) is 14.6. The van der Waals surface area contributed by atoms with Gasteiger partial charge in [0.05, 0.1) is 0 Å². The first-order valence-corrected chi connectivity index (χ1v) is 6.83. The molecule has 4 heteroatoms. The van der Waals surface area contributed by atoms with Gasteiger partial charge in [-0.1, -0.05) is 31.2 Å². The molecule has 19 heavy (non-hydrogen) atoms. The Morgan fingerprint density at radius 1 is 1.05 bits per heavy atom. The van der Waals surface area contributed by atoms with E-state index in [9.17, 15) is 0 Å². The molecule has 0 aromatic heterocycles. The molecule has 0 saturated carbocycles. The molecule has 0 fully saturated rings.